The SMILES string of the molecule is O.[I][Lu]([I])[I]. The van der Waals surface area contributed by atoms with Crippen molar-refractivity contribution in [2.45, 2.75) is 0 Å². The third kappa shape index (κ3) is 18.7. The monoisotopic (exact) mass is 574 g/mol. The van der Waals surface area contributed by atoms with E-state index in [4.69, 9.17) is 0 Å². The van der Waals surface area contributed by atoms with Crippen molar-refractivity contribution in [2.24, 2.45) is 0 Å². The van der Waals surface area contributed by atoms with E-state index >= 15 is 0 Å². The summed E-state index contributed by atoms with van der Waals surface area (Å²) in [4.78, 5) is 0. The minimum absolute atomic E-state index is 0. The molecule has 0 saturated heterocycles. The van der Waals surface area contributed by atoms with E-state index in [9.17, 15) is 0 Å². The van der Waals surface area contributed by atoms with Gasteiger partial charge in [-0.05, 0) is 0 Å². The maximum atomic E-state index is 2.43. The van der Waals surface area contributed by atoms with E-state index in [1.807, 2.05) is 0 Å². The first-order valence-electron chi connectivity index (χ1n) is 0.293. The predicted octanol–water partition coefficient (Wildman–Crippen LogP) is 1.83. The van der Waals surface area contributed by atoms with Crippen LogP contribution >= 0.6 is 45.7 Å². The first kappa shape index (κ1) is 11.2. The molecule has 0 spiro atoms. The summed E-state index contributed by atoms with van der Waals surface area (Å²) in [6.45, 7) is 0. The Morgan fingerprint density at radius 2 is 1.00 bits per heavy atom. The number of rotatable bonds is 0. The fourth-order valence-corrected chi connectivity index (χ4v) is 0. The summed E-state index contributed by atoms with van der Waals surface area (Å²) in [6.07, 6.45) is 0. The second-order valence-corrected chi connectivity index (χ2v) is 36.9. The number of hydrogen-bond acceptors (Lipinski definition) is 0. The average molecular weight is 574 g/mol. The molecule has 0 aromatic carbocycles. The van der Waals surface area contributed by atoms with Gasteiger partial charge in [-0.25, -0.2) is 0 Å². The molecule has 0 atom stereocenters. The van der Waals surface area contributed by atoms with Crippen LogP contribution in [-0.4, -0.2) is 5.48 Å². The van der Waals surface area contributed by atoms with Gasteiger partial charge in [0.25, 0.3) is 0 Å². The van der Waals surface area contributed by atoms with Gasteiger partial charge in [-0.15, -0.1) is 0 Å². The van der Waals surface area contributed by atoms with Crippen molar-refractivity contribution in [2.75, 3.05) is 0 Å². The van der Waals surface area contributed by atoms with Crippen LogP contribution in [0.5, 0.6) is 0 Å². The molecule has 0 rings (SSSR count). The molecular weight excluding hydrogens is 572 g/mol. The van der Waals surface area contributed by atoms with Gasteiger partial charge >= 0.3 is 61.4 Å². The second-order valence-electron chi connectivity index (χ2n) is 0.111. The van der Waals surface area contributed by atoms with Crippen LogP contribution in [0.1, 0.15) is 0 Å². The van der Waals surface area contributed by atoms with Gasteiger partial charge in [0.2, 0.25) is 0 Å². The third-order valence-electron chi connectivity index (χ3n) is 0. The molecule has 0 bridgehead atoms. The Bertz CT molecular complexity index is 11.6. The first-order valence-corrected chi connectivity index (χ1v) is 14.6. The van der Waals surface area contributed by atoms with E-state index < -0.39 is 0 Å². The molecule has 0 saturated carbocycles. The standard InChI is InChI=1S/3HI.Lu.H2O/h3*1H;;1H2/q;;;+3;/p-3. The second kappa shape index (κ2) is 7.38. The molecule has 0 heterocycles. The normalized spacial score (nSPS) is 9.00. The van der Waals surface area contributed by atoms with Gasteiger partial charge in [-0.2, -0.15) is 0 Å². The first-order chi connectivity index (χ1) is 1.73. The summed E-state index contributed by atoms with van der Waals surface area (Å²) in [7, 11) is 0. The van der Waals surface area contributed by atoms with E-state index in [1.54, 1.807) is 0 Å². The molecule has 0 aliphatic rings. The van der Waals surface area contributed by atoms with E-state index in [0.29, 0.717) is 0 Å². The molecule has 0 aliphatic carbocycles. The van der Waals surface area contributed by atoms with Crippen LogP contribution < -0.4 is 0 Å². The van der Waals surface area contributed by atoms with Crippen LogP contribution in [0.2, 0.25) is 0 Å². The van der Waals surface area contributed by atoms with E-state index in [-0.39, 0.29) is 21.2 Å². The van der Waals surface area contributed by atoms with E-state index in [1.165, 1.54) is 0 Å². The van der Waals surface area contributed by atoms with Crippen molar-refractivity contribution in [3.05, 3.63) is 0 Å². The van der Waals surface area contributed by atoms with Crippen LogP contribution in [0.15, 0.2) is 0 Å². The molecule has 0 fully saturated rings. The van der Waals surface area contributed by atoms with Gasteiger partial charge < -0.3 is 5.48 Å². The molecule has 0 aromatic heterocycles. The summed E-state index contributed by atoms with van der Waals surface area (Å²) in [5.41, 5.74) is 0. The number of halogens is 3. The van der Waals surface area contributed by atoms with Gasteiger partial charge in [0.1, 0.15) is 0 Å². The van der Waals surface area contributed by atoms with Crippen molar-refractivity contribution in [1.82, 2.24) is 0 Å². The summed E-state index contributed by atoms with van der Waals surface area (Å²) in [6, 6.07) is 0. The zero-order valence-electron chi connectivity index (χ0n) is 1.89. The molecule has 5 heavy (non-hydrogen) atoms. The molecule has 0 aliphatic heterocycles. The summed E-state index contributed by atoms with van der Waals surface area (Å²) < 4.78 is 0. The fraction of sp³-hybridized carbons (Fsp3) is 0. The molecule has 44 valence electrons. The summed E-state index contributed by atoms with van der Waals surface area (Å²) >= 11 is 7.25. The molecule has 0 unspecified atom stereocenters. The molecule has 2 N–H and O–H groups in total. The van der Waals surface area contributed by atoms with Crippen molar-refractivity contribution in [1.29, 1.82) is 0 Å². The van der Waals surface area contributed by atoms with Gasteiger partial charge in [-0.1, -0.05) is 0 Å². The Morgan fingerprint density at radius 3 is 1.00 bits per heavy atom. The Morgan fingerprint density at radius 1 is 1.00 bits per heavy atom. The van der Waals surface area contributed by atoms with Crippen molar-refractivity contribution in [3.8, 4) is 0 Å². The molecule has 0 amide bonds. The Kier molecular flexibility index (Phi) is 16.6. The van der Waals surface area contributed by atoms with Gasteiger partial charge in [0, 0.05) is 0 Å². The quantitative estimate of drug-likeness (QED) is 0.397. The van der Waals surface area contributed by atoms with Crippen LogP contribution in [-0.2, 0) is 0 Å². The van der Waals surface area contributed by atoms with Crippen LogP contribution in [0.25, 0.3) is 0 Å². The topological polar surface area (TPSA) is 31.5 Å². The molecule has 0 radical (unpaired) electrons. The summed E-state index contributed by atoms with van der Waals surface area (Å²) in [5.74, 6) is 0. The molecule has 5 heteroatoms. The van der Waals surface area contributed by atoms with Crippen molar-refractivity contribution in [3.63, 3.8) is 0 Å². The van der Waals surface area contributed by atoms with Crippen molar-refractivity contribution < 1.29 is 21.2 Å². The molecular formula is H2I3LuO. The predicted molar refractivity (Wildman–Crippen MR) is 45.7 cm³/mol. The minimum atomic E-state index is -0.0344. The third-order valence-corrected chi connectivity index (χ3v) is 0. The Hall–Kier alpha value is 3.38. The van der Waals surface area contributed by atoms with Crippen LogP contribution in [0.4, 0.5) is 0 Å². The van der Waals surface area contributed by atoms with Crippen LogP contribution in [0.3, 0.4) is 0 Å². The van der Waals surface area contributed by atoms with Crippen molar-refractivity contribution >= 4 is 45.7 Å². The van der Waals surface area contributed by atoms with E-state index in [0.717, 1.165) is 0 Å². The van der Waals surface area contributed by atoms with Gasteiger partial charge in [0.15, 0.2) is 0 Å². The zero-order valence-corrected chi connectivity index (χ0v) is 10.0. The van der Waals surface area contributed by atoms with Gasteiger partial charge in [0.05, 0.1) is 0 Å². The van der Waals surface area contributed by atoms with E-state index in [2.05, 4.69) is 45.7 Å². The van der Waals surface area contributed by atoms with Crippen LogP contribution in [0, 0.1) is 15.7 Å². The number of hydrogen-bond donors (Lipinski definition) is 0. The molecule has 1 nitrogen and oxygen atoms in total. The Labute approximate surface area is 64.2 Å². The summed E-state index contributed by atoms with van der Waals surface area (Å²) in [5, 5.41) is 0. The van der Waals surface area contributed by atoms with Gasteiger partial charge in [-0.3, -0.25) is 0 Å². The maximum absolute atomic E-state index is 2.43. The average Bonchev–Trinajstić information content (AvgIpc) is 0.811. The Balaban J connectivity index is 0. The molecule has 0 aromatic rings. The zero-order chi connectivity index (χ0) is 3.58. The fourth-order valence-electron chi connectivity index (χ4n) is 0.